The van der Waals surface area contributed by atoms with Gasteiger partial charge in [-0.3, -0.25) is 20.2 Å². The second kappa shape index (κ2) is 8.79. The predicted molar refractivity (Wildman–Crippen MR) is 108 cm³/mol. The number of rotatable bonds is 5. The van der Waals surface area contributed by atoms with Crippen LogP contribution in [0.2, 0.25) is 30.1 Å². The number of halogens is 6. The molecule has 0 N–H and O–H groups in total. The Bertz CT molecular complexity index is 867. The summed E-state index contributed by atoms with van der Waals surface area (Å²) >= 11 is 35.2. The van der Waals surface area contributed by atoms with Crippen molar-refractivity contribution >= 4 is 103 Å². The summed E-state index contributed by atoms with van der Waals surface area (Å²) in [6, 6.07) is 2.47. The van der Waals surface area contributed by atoms with E-state index in [4.69, 9.17) is 69.6 Å². The highest BCUT2D eigenvalue weighted by atomic mass is 35.5. The van der Waals surface area contributed by atoms with Crippen molar-refractivity contribution in [2.24, 2.45) is 0 Å². The van der Waals surface area contributed by atoms with Crippen molar-refractivity contribution in [3.8, 4) is 0 Å². The Kier molecular flexibility index (Phi) is 7.43. The van der Waals surface area contributed by atoms with E-state index in [-0.39, 0.29) is 39.9 Å². The van der Waals surface area contributed by atoms with Crippen LogP contribution in [0.1, 0.15) is 0 Å². The van der Waals surface area contributed by atoms with Gasteiger partial charge in [0.1, 0.15) is 10.0 Å². The van der Waals surface area contributed by atoms with Gasteiger partial charge in [0.2, 0.25) is 0 Å². The lowest BCUT2D eigenvalue weighted by Gasteiger charge is -2.09. The second-order valence-corrected chi connectivity index (χ2v) is 8.89. The van der Waals surface area contributed by atoms with Crippen LogP contribution in [0.15, 0.2) is 21.9 Å². The molecule has 0 saturated heterocycles. The summed E-state index contributed by atoms with van der Waals surface area (Å²) in [5.74, 6) is 0. The second-order valence-electron chi connectivity index (χ2n) is 4.35. The van der Waals surface area contributed by atoms with Crippen LogP contribution in [0.25, 0.3) is 0 Å². The van der Waals surface area contributed by atoms with Crippen molar-refractivity contribution in [1.29, 1.82) is 0 Å². The monoisotopic (exact) mass is 512 g/mol. The zero-order valence-electron chi connectivity index (χ0n) is 11.8. The van der Waals surface area contributed by atoms with Gasteiger partial charge in [-0.2, -0.15) is 0 Å². The number of hydrogen-bond acceptors (Lipinski definition) is 6. The molecule has 0 unspecified atom stereocenters. The van der Waals surface area contributed by atoms with Gasteiger partial charge in [0.05, 0.1) is 39.7 Å². The summed E-state index contributed by atoms with van der Waals surface area (Å²) < 4.78 is 0. The van der Waals surface area contributed by atoms with Gasteiger partial charge in [0.25, 0.3) is 0 Å². The molecule has 0 saturated carbocycles. The van der Waals surface area contributed by atoms with Gasteiger partial charge in [0, 0.05) is 0 Å². The third kappa shape index (κ3) is 4.39. The Labute approximate surface area is 183 Å². The van der Waals surface area contributed by atoms with Crippen LogP contribution in [0.4, 0.5) is 11.4 Å². The fraction of sp³-hybridized carbons (Fsp3) is 0. The number of hydrogen-bond donors (Lipinski definition) is 0. The molecular weight excluding hydrogens is 513 g/mol. The number of nitro groups is 2. The van der Waals surface area contributed by atoms with Crippen molar-refractivity contribution in [2.75, 3.05) is 0 Å². The third-order valence-corrected chi connectivity index (χ3v) is 7.69. The van der Waals surface area contributed by atoms with Gasteiger partial charge < -0.3 is 0 Å². The number of benzene rings is 2. The zero-order valence-corrected chi connectivity index (χ0v) is 17.9. The molecule has 0 aliphatic rings. The molecule has 2 rings (SSSR count). The van der Waals surface area contributed by atoms with Crippen LogP contribution in [0, 0.1) is 20.2 Å². The highest BCUT2D eigenvalue weighted by Crippen LogP contribution is 2.52. The van der Waals surface area contributed by atoms with Gasteiger partial charge >= 0.3 is 11.4 Å². The van der Waals surface area contributed by atoms with Gasteiger partial charge in [-0.25, -0.2) is 0 Å². The Morgan fingerprint density at radius 1 is 0.654 bits per heavy atom. The normalized spacial score (nSPS) is 10.8. The Morgan fingerprint density at radius 3 is 1.23 bits per heavy atom. The summed E-state index contributed by atoms with van der Waals surface area (Å²) in [5, 5.41) is 21.5. The van der Waals surface area contributed by atoms with Crippen molar-refractivity contribution in [1.82, 2.24) is 0 Å². The molecule has 0 spiro atoms. The van der Waals surface area contributed by atoms with Crippen molar-refractivity contribution in [2.45, 2.75) is 9.79 Å². The van der Waals surface area contributed by atoms with Crippen LogP contribution >= 0.6 is 91.2 Å². The Balaban J connectivity index is 2.51. The molecule has 0 atom stereocenters. The van der Waals surface area contributed by atoms with Gasteiger partial charge in [-0.15, -0.1) is 0 Å². The molecule has 6 nitrogen and oxygen atoms in total. The lowest BCUT2D eigenvalue weighted by Crippen LogP contribution is -1.94. The van der Waals surface area contributed by atoms with E-state index in [1.807, 2.05) is 0 Å². The number of nitro benzene ring substituents is 2. The molecule has 0 radical (unpaired) electrons. The van der Waals surface area contributed by atoms with Crippen LogP contribution in [0.5, 0.6) is 0 Å². The SMILES string of the molecule is O=[N+]([O-])c1c(SSc2cc(Cl)c(Cl)c(Cl)c2[N+](=O)[O-])cc(Cl)c(Cl)c1Cl. The Hall–Kier alpha value is -0.320. The minimum Gasteiger partial charge on any atom is -0.258 e. The molecule has 0 heterocycles. The molecule has 0 aliphatic heterocycles. The maximum absolute atomic E-state index is 11.3. The predicted octanol–water partition coefficient (Wildman–Crippen LogP) is 8.22. The average Bonchev–Trinajstić information content (AvgIpc) is 2.54. The van der Waals surface area contributed by atoms with E-state index in [1.165, 1.54) is 12.1 Å². The summed E-state index contributed by atoms with van der Waals surface area (Å²) in [6.45, 7) is 0. The van der Waals surface area contributed by atoms with Crippen molar-refractivity contribution < 1.29 is 9.85 Å². The molecule has 2 aromatic rings. The number of nitrogens with zero attached hydrogens (tertiary/aromatic N) is 2. The van der Waals surface area contributed by atoms with Crippen LogP contribution in [-0.4, -0.2) is 9.85 Å². The van der Waals surface area contributed by atoms with E-state index in [9.17, 15) is 20.2 Å². The van der Waals surface area contributed by atoms with E-state index < -0.39 is 21.2 Å². The first kappa shape index (κ1) is 22.0. The molecule has 26 heavy (non-hydrogen) atoms. The largest absolute Gasteiger partial charge is 0.303 e. The molecule has 2 aromatic carbocycles. The third-order valence-electron chi connectivity index (χ3n) is 2.79. The molecule has 0 amide bonds. The summed E-state index contributed by atoms with van der Waals surface area (Å²) in [7, 11) is 1.61. The highest BCUT2D eigenvalue weighted by molar-refractivity contribution is 8.76. The van der Waals surface area contributed by atoms with E-state index >= 15 is 0 Å². The molecule has 0 aliphatic carbocycles. The summed E-state index contributed by atoms with van der Waals surface area (Å²) in [5.41, 5.74) is -0.959. The summed E-state index contributed by atoms with van der Waals surface area (Å²) in [4.78, 5) is 21.2. The van der Waals surface area contributed by atoms with E-state index in [0.717, 1.165) is 21.6 Å². The lowest BCUT2D eigenvalue weighted by atomic mass is 10.3. The molecule has 0 bridgehead atoms. The highest BCUT2D eigenvalue weighted by Gasteiger charge is 2.28. The molecular formula is C12H2Cl6N2O4S2. The van der Waals surface area contributed by atoms with Crippen LogP contribution in [-0.2, 0) is 0 Å². The first-order valence-corrected chi connectivity index (χ1v) is 10.5. The fourth-order valence-corrected chi connectivity index (χ4v) is 5.59. The van der Waals surface area contributed by atoms with Crippen LogP contribution in [0.3, 0.4) is 0 Å². The quantitative estimate of drug-likeness (QED) is 0.173. The topological polar surface area (TPSA) is 86.3 Å². The fourth-order valence-electron chi connectivity index (χ4n) is 1.68. The van der Waals surface area contributed by atoms with Gasteiger partial charge in [0.15, 0.2) is 0 Å². The van der Waals surface area contributed by atoms with E-state index in [1.54, 1.807) is 0 Å². The van der Waals surface area contributed by atoms with Crippen molar-refractivity contribution in [3.63, 3.8) is 0 Å². The van der Waals surface area contributed by atoms with E-state index in [0.29, 0.717) is 0 Å². The molecule has 0 fully saturated rings. The zero-order chi connectivity index (χ0) is 19.8. The van der Waals surface area contributed by atoms with Gasteiger partial charge in [-0.05, 0) is 33.7 Å². The lowest BCUT2D eigenvalue weighted by molar-refractivity contribution is -0.387. The first-order chi connectivity index (χ1) is 12.1. The molecule has 14 heteroatoms. The average molecular weight is 515 g/mol. The minimum atomic E-state index is -0.732. The maximum atomic E-state index is 11.3. The van der Waals surface area contributed by atoms with Gasteiger partial charge in [-0.1, -0.05) is 69.6 Å². The molecule has 138 valence electrons. The minimum absolute atomic E-state index is 0.00737. The van der Waals surface area contributed by atoms with E-state index in [2.05, 4.69) is 0 Å². The maximum Gasteiger partial charge on any atom is 0.303 e. The molecule has 0 aromatic heterocycles. The van der Waals surface area contributed by atoms with Crippen LogP contribution < -0.4 is 0 Å². The first-order valence-electron chi connectivity index (χ1n) is 6.04. The van der Waals surface area contributed by atoms with Crippen molar-refractivity contribution in [3.05, 3.63) is 62.5 Å². The summed E-state index contributed by atoms with van der Waals surface area (Å²) in [6.07, 6.45) is 0. The standard InChI is InChI=1S/C12H2Cl6N2O4S2/c13-3-1-5(11(19(21)22)9(17)7(3)15)25-26-6-2-4(14)8(16)10(18)12(6)20(23)24/h1-2H. The Morgan fingerprint density at radius 2 is 0.962 bits per heavy atom. The smallest absolute Gasteiger partial charge is 0.258 e.